The van der Waals surface area contributed by atoms with E-state index in [0.29, 0.717) is 6.04 Å². The third-order valence-corrected chi connectivity index (χ3v) is 3.98. The standard InChI is InChI=1S/C11H20N4S/c1-4-14-6-5-7-15(9(2)8-14)11-12-10(3)13-16-11/h9H,4-8H2,1-3H3/t9-/m0/s1. The van der Waals surface area contributed by atoms with Gasteiger partial charge in [0.25, 0.3) is 0 Å². The van der Waals surface area contributed by atoms with E-state index < -0.39 is 0 Å². The Balaban J connectivity index is 2.10. The van der Waals surface area contributed by atoms with Crippen LogP contribution in [0.4, 0.5) is 5.13 Å². The van der Waals surface area contributed by atoms with Crippen molar-refractivity contribution in [2.24, 2.45) is 0 Å². The van der Waals surface area contributed by atoms with Crippen LogP contribution in [0, 0.1) is 6.92 Å². The van der Waals surface area contributed by atoms with Crippen LogP contribution in [0.2, 0.25) is 0 Å². The van der Waals surface area contributed by atoms with Gasteiger partial charge in [-0.2, -0.15) is 4.37 Å². The molecule has 0 bridgehead atoms. The van der Waals surface area contributed by atoms with Crippen LogP contribution < -0.4 is 4.90 Å². The maximum atomic E-state index is 4.49. The normalized spacial score (nSPS) is 23.4. The predicted octanol–water partition coefficient (Wildman–Crippen LogP) is 1.77. The number of anilines is 1. The van der Waals surface area contributed by atoms with Gasteiger partial charge < -0.3 is 9.80 Å². The Morgan fingerprint density at radius 3 is 2.88 bits per heavy atom. The van der Waals surface area contributed by atoms with E-state index >= 15 is 0 Å². The van der Waals surface area contributed by atoms with E-state index in [4.69, 9.17) is 0 Å². The van der Waals surface area contributed by atoms with Gasteiger partial charge in [-0.1, -0.05) is 6.92 Å². The number of hydrogen-bond acceptors (Lipinski definition) is 5. The van der Waals surface area contributed by atoms with Crippen LogP contribution in [0.3, 0.4) is 0 Å². The zero-order valence-corrected chi connectivity index (χ0v) is 11.1. The highest BCUT2D eigenvalue weighted by Crippen LogP contribution is 2.22. The maximum Gasteiger partial charge on any atom is 0.205 e. The van der Waals surface area contributed by atoms with Gasteiger partial charge in [0.05, 0.1) is 0 Å². The summed E-state index contributed by atoms with van der Waals surface area (Å²) in [6.07, 6.45) is 1.22. The number of hydrogen-bond donors (Lipinski definition) is 0. The Hall–Kier alpha value is -0.680. The van der Waals surface area contributed by atoms with Crippen molar-refractivity contribution in [3.8, 4) is 0 Å². The fourth-order valence-corrected chi connectivity index (χ4v) is 3.03. The van der Waals surface area contributed by atoms with Crippen molar-refractivity contribution < 1.29 is 0 Å². The second-order valence-corrected chi connectivity index (χ2v) is 5.14. The average Bonchev–Trinajstić information content (AvgIpc) is 2.59. The molecule has 1 aliphatic heterocycles. The summed E-state index contributed by atoms with van der Waals surface area (Å²) in [5.74, 6) is 0.892. The van der Waals surface area contributed by atoms with Gasteiger partial charge in [-0.15, -0.1) is 0 Å². The van der Waals surface area contributed by atoms with Gasteiger partial charge in [0, 0.05) is 30.7 Å². The summed E-state index contributed by atoms with van der Waals surface area (Å²) in [7, 11) is 0. The second kappa shape index (κ2) is 5.10. The average molecular weight is 240 g/mol. The van der Waals surface area contributed by atoms with Crippen LogP contribution in [0.1, 0.15) is 26.1 Å². The van der Waals surface area contributed by atoms with Gasteiger partial charge in [-0.25, -0.2) is 4.98 Å². The molecule has 1 aromatic heterocycles. The van der Waals surface area contributed by atoms with Crippen LogP contribution in [0.15, 0.2) is 0 Å². The lowest BCUT2D eigenvalue weighted by atomic mass is 10.3. The first-order valence-corrected chi connectivity index (χ1v) is 6.77. The number of aryl methyl sites for hydroxylation is 1. The van der Waals surface area contributed by atoms with E-state index in [-0.39, 0.29) is 0 Å². The Kier molecular flexibility index (Phi) is 3.76. The predicted molar refractivity (Wildman–Crippen MR) is 68.2 cm³/mol. The summed E-state index contributed by atoms with van der Waals surface area (Å²) in [6, 6.07) is 0.537. The maximum absolute atomic E-state index is 4.49. The molecule has 1 aliphatic rings. The summed E-state index contributed by atoms with van der Waals surface area (Å²) in [6.45, 7) is 11.1. The molecule has 16 heavy (non-hydrogen) atoms. The molecule has 0 spiro atoms. The number of likely N-dealkylation sites (N-methyl/N-ethyl adjacent to an activating group) is 1. The zero-order valence-electron chi connectivity index (χ0n) is 10.3. The fraction of sp³-hybridized carbons (Fsp3) is 0.818. The van der Waals surface area contributed by atoms with Gasteiger partial charge >= 0.3 is 0 Å². The third kappa shape index (κ3) is 2.52. The lowest BCUT2D eigenvalue weighted by molar-refractivity contribution is 0.291. The Bertz CT molecular complexity index is 338. The van der Waals surface area contributed by atoms with Crippen molar-refractivity contribution >= 4 is 16.7 Å². The first kappa shape index (κ1) is 11.8. The Labute approximate surface area is 101 Å². The molecule has 4 nitrogen and oxygen atoms in total. The van der Waals surface area contributed by atoms with E-state index in [2.05, 4.69) is 33.0 Å². The van der Waals surface area contributed by atoms with Gasteiger partial charge in [-0.05, 0) is 33.4 Å². The summed E-state index contributed by atoms with van der Waals surface area (Å²) < 4.78 is 4.27. The van der Waals surface area contributed by atoms with Gasteiger partial charge in [0.1, 0.15) is 5.82 Å². The SMILES string of the molecule is CCN1CCCN(c2nc(C)ns2)[C@@H](C)C1. The molecule has 1 fully saturated rings. The number of aromatic nitrogens is 2. The summed E-state index contributed by atoms with van der Waals surface area (Å²) in [5.41, 5.74) is 0. The lowest BCUT2D eigenvalue weighted by Crippen LogP contribution is -2.38. The summed E-state index contributed by atoms with van der Waals surface area (Å²) in [4.78, 5) is 9.41. The van der Waals surface area contributed by atoms with E-state index in [1.165, 1.54) is 24.5 Å². The first-order chi connectivity index (χ1) is 7.70. The van der Waals surface area contributed by atoms with Crippen molar-refractivity contribution in [2.75, 3.05) is 31.1 Å². The zero-order chi connectivity index (χ0) is 11.5. The van der Waals surface area contributed by atoms with E-state index in [1.807, 2.05) is 6.92 Å². The molecule has 2 rings (SSSR count). The lowest BCUT2D eigenvalue weighted by Gasteiger charge is -2.27. The molecule has 1 saturated heterocycles. The molecule has 0 aromatic carbocycles. The molecule has 1 aromatic rings. The van der Waals surface area contributed by atoms with Crippen LogP contribution in [-0.4, -0.2) is 46.5 Å². The van der Waals surface area contributed by atoms with Crippen molar-refractivity contribution in [3.05, 3.63) is 5.82 Å². The molecule has 0 amide bonds. The third-order valence-electron chi connectivity index (χ3n) is 3.14. The minimum atomic E-state index is 0.537. The molecule has 0 unspecified atom stereocenters. The molecule has 0 N–H and O–H groups in total. The molecular weight excluding hydrogens is 220 g/mol. The van der Waals surface area contributed by atoms with Gasteiger partial charge in [-0.3, -0.25) is 0 Å². The van der Waals surface area contributed by atoms with Gasteiger partial charge in [0.2, 0.25) is 5.13 Å². The highest BCUT2D eigenvalue weighted by molar-refractivity contribution is 7.09. The molecule has 0 aliphatic carbocycles. The van der Waals surface area contributed by atoms with Crippen LogP contribution in [0.25, 0.3) is 0 Å². The quantitative estimate of drug-likeness (QED) is 0.788. The molecule has 2 heterocycles. The molecule has 90 valence electrons. The minimum absolute atomic E-state index is 0.537. The summed E-state index contributed by atoms with van der Waals surface area (Å²) in [5, 5.41) is 1.09. The fourth-order valence-electron chi connectivity index (χ4n) is 2.22. The topological polar surface area (TPSA) is 32.3 Å². The Morgan fingerprint density at radius 1 is 1.44 bits per heavy atom. The molecule has 0 radical (unpaired) electrons. The van der Waals surface area contributed by atoms with Crippen LogP contribution >= 0.6 is 11.5 Å². The van der Waals surface area contributed by atoms with Crippen molar-refractivity contribution in [2.45, 2.75) is 33.2 Å². The van der Waals surface area contributed by atoms with Crippen molar-refractivity contribution in [3.63, 3.8) is 0 Å². The number of nitrogens with zero attached hydrogens (tertiary/aromatic N) is 4. The van der Waals surface area contributed by atoms with E-state index in [1.54, 1.807) is 0 Å². The highest BCUT2D eigenvalue weighted by Gasteiger charge is 2.23. The Morgan fingerprint density at radius 2 is 2.25 bits per heavy atom. The molecule has 1 atom stereocenters. The second-order valence-electron chi connectivity index (χ2n) is 4.41. The van der Waals surface area contributed by atoms with Crippen LogP contribution in [-0.2, 0) is 0 Å². The first-order valence-electron chi connectivity index (χ1n) is 6.00. The smallest absolute Gasteiger partial charge is 0.205 e. The van der Waals surface area contributed by atoms with E-state index in [0.717, 1.165) is 30.6 Å². The molecule has 5 heteroatoms. The van der Waals surface area contributed by atoms with Crippen LogP contribution in [0.5, 0.6) is 0 Å². The van der Waals surface area contributed by atoms with Crippen molar-refractivity contribution in [1.29, 1.82) is 0 Å². The highest BCUT2D eigenvalue weighted by atomic mass is 32.1. The summed E-state index contributed by atoms with van der Waals surface area (Å²) >= 11 is 1.52. The monoisotopic (exact) mass is 240 g/mol. The van der Waals surface area contributed by atoms with E-state index in [9.17, 15) is 0 Å². The largest absolute Gasteiger partial charge is 0.343 e. The number of rotatable bonds is 2. The van der Waals surface area contributed by atoms with Crippen molar-refractivity contribution in [1.82, 2.24) is 14.3 Å². The molecule has 0 saturated carbocycles. The minimum Gasteiger partial charge on any atom is -0.343 e. The molecular formula is C11H20N4S. The van der Waals surface area contributed by atoms with Gasteiger partial charge in [0.15, 0.2) is 0 Å².